The molecule has 0 aromatic carbocycles. The Morgan fingerprint density at radius 2 is 2.35 bits per heavy atom. The lowest BCUT2D eigenvalue weighted by atomic mass is 10.0. The summed E-state index contributed by atoms with van der Waals surface area (Å²) >= 11 is 1.59. The van der Waals surface area contributed by atoms with Crippen LogP contribution in [0, 0.1) is 5.92 Å². The molecule has 3 N–H and O–H groups in total. The molecule has 2 aromatic heterocycles. The fraction of sp³-hybridized carbons (Fsp3) is 0.533. The van der Waals surface area contributed by atoms with Gasteiger partial charge in [0.1, 0.15) is 0 Å². The number of amides is 1. The standard InChI is InChI=1S/C15H20N4O2S.ClH/c16-8-10-2-1-3-12(10)17-13(20)4-5-14-18-15(19-21-14)11-6-7-22-9-11;/h6-7,9-10,12H,1-5,8,16H2,(H,17,20);1H. The van der Waals surface area contributed by atoms with Crippen LogP contribution in [0.4, 0.5) is 0 Å². The van der Waals surface area contributed by atoms with Crippen molar-refractivity contribution in [1.82, 2.24) is 15.5 Å². The van der Waals surface area contributed by atoms with Gasteiger partial charge in [0.15, 0.2) is 0 Å². The molecule has 0 aliphatic heterocycles. The van der Waals surface area contributed by atoms with Crippen LogP contribution in [0.2, 0.25) is 0 Å². The Morgan fingerprint density at radius 1 is 1.48 bits per heavy atom. The first-order chi connectivity index (χ1) is 10.8. The van der Waals surface area contributed by atoms with Crippen LogP contribution in [0.1, 0.15) is 31.6 Å². The lowest BCUT2D eigenvalue weighted by molar-refractivity contribution is -0.122. The Bertz CT molecular complexity index is 617. The van der Waals surface area contributed by atoms with Gasteiger partial charge in [0.05, 0.1) is 0 Å². The molecular formula is C15H21ClN4O2S. The molecule has 1 fully saturated rings. The number of carbonyl (C=O) groups excluding carboxylic acids is 1. The molecule has 126 valence electrons. The highest BCUT2D eigenvalue weighted by molar-refractivity contribution is 7.08. The predicted molar refractivity (Wildman–Crippen MR) is 91.5 cm³/mol. The summed E-state index contributed by atoms with van der Waals surface area (Å²) in [6, 6.07) is 2.17. The average Bonchev–Trinajstić information content (AvgIpc) is 3.25. The quantitative estimate of drug-likeness (QED) is 0.828. The minimum atomic E-state index is 0. The third-order valence-electron chi connectivity index (χ3n) is 4.12. The van der Waals surface area contributed by atoms with Crippen LogP contribution in [0.3, 0.4) is 0 Å². The molecule has 1 aliphatic carbocycles. The second-order valence-corrected chi connectivity index (χ2v) is 6.40. The van der Waals surface area contributed by atoms with Gasteiger partial charge in [0.2, 0.25) is 17.6 Å². The second kappa shape index (κ2) is 8.42. The van der Waals surface area contributed by atoms with E-state index >= 15 is 0 Å². The monoisotopic (exact) mass is 356 g/mol. The molecule has 2 heterocycles. The highest BCUT2D eigenvalue weighted by Gasteiger charge is 2.27. The van der Waals surface area contributed by atoms with Gasteiger partial charge in [-0.25, -0.2) is 0 Å². The Kier molecular flexibility index (Phi) is 6.56. The van der Waals surface area contributed by atoms with Crippen molar-refractivity contribution in [2.24, 2.45) is 11.7 Å². The van der Waals surface area contributed by atoms with Crippen LogP contribution in [0.5, 0.6) is 0 Å². The van der Waals surface area contributed by atoms with E-state index in [9.17, 15) is 4.79 Å². The van der Waals surface area contributed by atoms with Gasteiger partial charge in [-0.05, 0) is 36.8 Å². The van der Waals surface area contributed by atoms with Crippen molar-refractivity contribution in [2.75, 3.05) is 6.54 Å². The number of rotatable bonds is 6. The van der Waals surface area contributed by atoms with Crippen molar-refractivity contribution in [1.29, 1.82) is 0 Å². The number of nitrogens with zero attached hydrogens (tertiary/aromatic N) is 2. The molecular weight excluding hydrogens is 336 g/mol. The van der Waals surface area contributed by atoms with Crippen LogP contribution in [0.15, 0.2) is 21.3 Å². The van der Waals surface area contributed by atoms with Gasteiger partial charge in [-0.1, -0.05) is 11.6 Å². The molecule has 23 heavy (non-hydrogen) atoms. The third kappa shape index (κ3) is 4.53. The van der Waals surface area contributed by atoms with E-state index in [2.05, 4.69) is 15.5 Å². The first-order valence-corrected chi connectivity index (χ1v) is 8.55. The van der Waals surface area contributed by atoms with Gasteiger partial charge < -0.3 is 15.6 Å². The van der Waals surface area contributed by atoms with Crippen molar-refractivity contribution in [3.05, 3.63) is 22.7 Å². The first kappa shape index (κ1) is 17.9. The van der Waals surface area contributed by atoms with Crippen molar-refractivity contribution >= 4 is 29.7 Å². The smallest absolute Gasteiger partial charge is 0.227 e. The molecule has 8 heteroatoms. The molecule has 6 nitrogen and oxygen atoms in total. The molecule has 0 bridgehead atoms. The van der Waals surface area contributed by atoms with E-state index in [0.717, 1.165) is 24.8 Å². The predicted octanol–water partition coefficient (Wildman–Crippen LogP) is 2.40. The number of nitrogens with two attached hydrogens (primary N) is 1. The molecule has 0 radical (unpaired) electrons. The highest BCUT2D eigenvalue weighted by Crippen LogP contribution is 2.24. The largest absolute Gasteiger partial charge is 0.353 e. The van der Waals surface area contributed by atoms with Gasteiger partial charge in [-0.15, -0.1) is 12.4 Å². The number of thiophene rings is 1. The fourth-order valence-corrected chi connectivity index (χ4v) is 3.51. The van der Waals surface area contributed by atoms with E-state index < -0.39 is 0 Å². The molecule has 1 aliphatic rings. The number of carbonyl (C=O) groups is 1. The van der Waals surface area contributed by atoms with Gasteiger partial charge in [0.25, 0.3) is 0 Å². The van der Waals surface area contributed by atoms with E-state index in [-0.39, 0.29) is 24.4 Å². The minimum Gasteiger partial charge on any atom is -0.353 e. The highest BCUT2D eigenvalue weighted by atomic mass is 35.5. The maximum Gasteiger partial charge on any atom is 0.227 e. The number of hydrogen-bond acceptors (Lipinski definition) is 6. The fourth-order valence-electron chi connectivity index (χ4n) is 2.87. The van der Waals surface area contributed by atoms with E-state index in [1.807, 2.05) is 16.8 Å². The number of hydrogen-bond donors (Lipinski definition) is 2. The van der Waals surface area contributed by atoms with Gasteiger partial charge in [-0.2, -0.15) is 16.3 Å². The zero-order valence-electron chi connectivity index (χ0n) is 12.7. The molecule has 0 saturated heterocycles. The molecule has 1 amide bonds. The topological polar surface area (TPSA) is 94.0 Å². The molecule has 3 rings (SSSR count). The van der Waals surface area contributed by atoms with Crippen LogP contribution < -0.4 is 11.1 Å². The summed E-state index contributed by atoms with van der Waals surface area (Å²) < 4.78 is 5.19. The maximum atomic E-state index is 12.0. The summed E-state index contributed by atoms with van der Waals surface area (Å²) in [6.45, 7) is 0.638. The van der Waals surface area contributed by atoms with Crippen molar-refractivity contribution in [3.63, 3.8) is 0 Å². The summed E-state index contributed by atoms with van der Waals surface area (Å²) in [5, 5.41) is 10.9. The van der Waals surface area contributed by atoms with Crippen LogP contribution in [-0.4, -0.2) is 28.6 Å². The summed E-state index contributed by atoms with van der Waals surface area (Å²) in [4.78, 5) is 16.3. The minimum absolute atomic E-state index is 0. The normalized spacial score (nSPS) is 20.2. The van der Waals surface area contributed by atoms with E-state index in [1.54, 1.807) is 11.3 Å². The Labute approximate surface area is 145 Å². The SMILES string of the molecule is Cl.NCC1CCCC1NC(=O)CCc1nc(-c2ccsc2)no1. The van der Waals surface area contributed by atoms with Crippen molar-refractivity contribution in [2.45, 2.75) is 38.1 Å². The van der Waals surface area contributed by atoms with Crippen LogP contribution in [-0.2, 0) is 11.2 Å². The van der Waals surface area contributed by atoms with Crippen molar-refractivity contribution < 1.29 is 9.32 Å². The summed E-state index contributed by atoms with van der Waals surface area (Å²) in [5.41, 5.74) is 6.68. The lowest BCUT2D eigenvalue weighted by Gasteiger charge is -2.19. The van der Waals surface area contributed by atoms with Crippen molar-refractivity contribution in [3.8, 4) is 11.4 Å². The average molecular weight is 357 g/mol. The van der Waals surface area contributed by atoms with Gasteiger partial charge in [0, 0.05) is 29.8 Å². The molecule has 2 atom stereocenters. The Hall–Kier alpha value is -1.44. The molecule has 2 aromatic rings. The zero-order valence-corrected chi connectivity index (χ0v) is 14.4. The Balaban J connectivity index is 0.00000192. The second-order valence-electron chi connectivity index (χ2n) is 5.62. The third-order valence-corrected chi connectivity index (χ3v) is 4.80. The lowest BCUT2D eigenvalue weighted by Crippen LogP contribution is -2.39. The van der Waals surface area contributed by atoms with Crippen LogP contribution in [0.25, 0.3) is 11.4 Å². The first-order valence-electron chi connectivity index (χ1n) is 7.61. The van der Waals surface area contributed by atoms with E-state index in [0.29, 0.717) is 37.0 Å². The maximum absolute atomic E-state index is 12.0. The van der Waals surface area contributed by atoms with E-state index in [1.165, 1.54) is 0 Å². The molecule has 0 spiro atoms. The molecule has 1 saturated carbocycles. The number of aryl methyl sites for hydroxylation is 1. The van der Waals surface area contributed by atoms with Gasteiger partial charge >= 0.3 is 0 Å². The van der Waals surface area contributed by atoms with E-state index in [4.69, 9.17) is 10.3 Å². The number of halogens is 1. The Morgan fingerprint density at radius 3 is 3.09 bits per heavy atom. The molecule has 2 unspecified atom stereocenters. The zero-order chi connectivity index (χ0) is 15.4. The summed E-state index contributed by atoms with van der Waals surface area (Å²) in [7, 11) is 0. The summed E-state index contributed by atoms with van der Waals surface area (Å²) in [6.07, 6.45) is 4.09. The number of nitrogens with one attached hydrogen (secondary N) is 1. The number of aromatic nitrogens is 2. The van der Waals surface area contributed by atoms with Crippen LogP contribution >= 0.6 is 23.7 Å². The summed E-state index contributed by atoms with van der Waals surface area (Å²) in [5.74, 6) is 1.52. The van der Waals surface area contributed by atoms with Gasteiger partial charge in [-0.3, -0.25) is 4.79 Å².